The molecule has 0 aliphatic heterocycles. The molecule has 0 N–H and O–H groups in total. The maximum absolute atomic E-state index is 5.98. The first-order valence-electron chi connectivity index (χ1n) is 17.4. The second-order valence-electron chi connectivity index (χ2n) is 14.6. The quantitative estimate of drug-likeness (QED) is 0.0635. The monoisotopic (exact) mass is 886 g/mol. The van der Waals surface area contributed by atoms with Crippen molar-refractivity contribution in [1.82, 2.24) is 0 Å². The molecule has 0 fully saturated rings. The van der Waals surface area contributed by atoms with Crippen molar-refractivity contribution >= 4 is 97.3 Å². The summed E-state index contributed by atoms with van der Waals surface area (Å²) in [5.41, 5.74) is 3.32. The average molecular weight is 885 g/mol. The Bertz CT molecular complexity index is 1430. The predicted octanol–water partition coefficient (Wildman–Crippen LogP) is 12.9. The summed E-state index contributed by atoms with van der Waals surface area (Å²) in [5, 5.41) is 0. The van der Waals surface area contributed by atoms with Crippen LogP contribution in [0.25, 0.3) is 28.9 Å². The van der Waals surface area contributed by atoms with Crippen LogP contribution in [0.15, 0.2) is 24.3 Å². The Morgan fingerprint density at radius 2 is 0.909 bits per heavy atom. The molecule has 0 unspecified atom stereocenters. The molecule has 0 atom stereocenters. The number of hydrogen-bond acceptors (Lipinski definition) is 5. The fraction of sp³-hybridized carbons (Fsp3) is 0.622. The van der Waals surface area contributed by atoms with Gasteiger partial charge in [0.15, 0.2) is 0 Å². The van der Waals surface area contributed by atoms with Crippen molar-refractivity contribution in [3.05, 3.63) is 35.4 Å². The van der Waals surface area contributed by atoms with Crippen LogP contribution in [-0.2, 0) is 17.6 Å². The number of rotatable bonds is 20. The summed E-state index contributed by atoms with van der Waals surface area (Å²) in [6.45, 7) is 6.47. The zero-order valence-corrected chi connectivity index (χ0v) is 37.9. The summed E-state index contributed by atoms with van der Waals surface area (Å²) < 4.78 is 12.6. The molecular weight excluding hydrogens is 826 g/mol. The normalized spacial score (nSPS) is 12.6. The van der Waals surface area contributed by atoms with Crippen LogP contribution in [0.3, 0.4) is 0 Å². The summed E-state index contributed by atoms with van der Waals surface area (Å²) in [6, 6.07) is 9.90. The molecule has 244 valence electrons. The number of ether oxygens (including phenoxy) is 1. The van der Waals surface area contributed by atoms with E-state index in [1.54, 1.807) is 36.1 Å². The fourth-order valence-electron chi connectivity index (χ4n) is 5.75. The van der Waals surface area contributed by atoms with E-state index < -0.39 is 36.8 Å². The van der Waals surface area contributed by atoms with Crippen LogP contribution in [-0.4, -0.2) is 50.0 Å². The van der Waals surface area contributed by atoms with Gasteiger partial charge in [-0.15, -0.1) is 0 Å². The van der Waals surface area contributed by atoms with Gasteiger partial charge in [0.2, 0.25) is 0 Å². The molecule has 4 heterocycles. The minimum absolute atomic E-state index is 0.926. The molecule has 7 heteroatoms. The zero-order valence-electron chi connectivity index (χ0n) is 29.0. The Morgan fingerprint density at radius 3 is 1.30 bits per heavy atom. The van der Waals surface area contributed by atoms with Crippen LogP contribution in [0.5, 0.6) is 0 Å². The number of hydrogen-bond donors (Lipinski definition) is 0. The van der Waals surface area contributed by atoms with Gasteiger partial charge in [0.25, 0.3) is 0 Å². The summed E-state index contributed by atoms with van der Waals surface area (Å²) >= 11 is 4.32. The van der Waals surface area contributed by atoms with Gasteiger partial charge in [0, 0.05) is 0 Å². The van der Waals surface area contributed by atoms with Crippen LogP contribution < -0.4 is 5.79 Å². The first kappa shape index (κ1) is 37.4. The molecule has 0 radical (unpaired) electrons. The van der Waals surface area contributed by atoms with Crippen LogP contribution in [0.4, 0.5) is 0 Å². The van der Waals surface area contributed by atoms with Crippen LogP contribution in [0.2, 0.25) is 29.6 Å². The van der Waals surface area contributed by atoms with E-state index in [4.69, 9.17) is 4.74 Å². The minimum atomic E-state index is -2.10. The Kier molecular flexibility index (Phi) is 15.2. The third kappa shape index (κ3) is 10.3. The van der Waals surface area contributed by atoms with Crippen molar-refractivity contribution in [2.24, 2.45) is 0 Å². The van der Waals surface area contributed by atoms with Crippen molar-refractivity contribution in [2.45, 2.75) is 127 Å². The van der Waals surface area contributed by atoms with Gasteiger partial charge in [-0.3, -0.25) is 0 Å². The molecule has 0 spiro atoms. The molecule has 0 aromatic carbocycles. The van der Waals surface area contributed by atoms with Gasteiger partial charge in [-0.05, 0) is 6.42 Å². The number of thiophene rings is 4. The third-order valence-corrected chi connectivity index (χ3v) is 32.7. The van der Waals surface area contributed by atoms with E-state index in [9.17, 15) is 0 Å². The summed E-state index contributed by atoms with van der Waals surface area (Å²) in [7, 11) is 0. The predicted molar refractivity (Wildman–Crippen MR) is 213 cm³/mol. The van der Waals surface area contributed by atoms with Gasteiger partial charge in [-0.1, -0.05) is 26.2 Å². The molecule has 0 saturated carbocycles. The molecule has 4 aromatic heterocycles. The van der Waals surface area contributed by atoms with Gasteiger partial charge in [0.05, 0.1) is 0 Å². The first-order valence-corrected chi connectivity index (χ1v) is 40.6. The average Bonchev–Trinajstić information content (AvgIpc) is 3.75. The van der Waals surface area contributed by atoms with Crippen LogP contribution in [0, 0.1) is 0 Å². The van der Waals surface area contributed by atoms with Gasteiger partial charge in [-0.2, -0.15) is 0 Å². The van der Waals surface area contributed by atoms with Gasteiger partial charge < -0.3 is 0 Å². The Morgan fingerprint density at radius 1 is 0.500 bits per heavy atom. The van der Waals surface area contributed by atoms with E-state index in [0.717, 1.165) is 13.2 Å². The number of fused-ring (bicyclic) bond motifs is 1. The van der Waals surface area contributed by atoms with Crippen LogP contribution in [0.1, 0.15) is 95.6 Å². The Balaban J connectivity index is 1.63. The topological polar surface area (TPSA) is 9.23 Å². The molecule has 0 aliphatic rings. The van der Waals surface area contributed by atoms with Crippen molar-refractivity contribution in [3.8, 4) is 19.5 Å². The first-order chi connectivity index (χ1) is 21.0. The van der Waals surface area contributed by atoms with E-state index >= 15 is 0 Å². The van der Waals surface area contributed by atoms with Gasteiger partial charge in [0.1, 0.15) is 0 Å². The van der Waals surface area contributed by atoms with Crippen molar-refractivity contribution in [2.75, 3.05) is 13.2 Å². The van der Waals surface area contributed by atoms with E-state index in [-0.39, 0.29) is 0 Å². The van der Waals surface area contributed by atoms with Crippen molar-refractivity contribution in [1.29, 1.82) is 0 Å². The number of aryl methyl sites for hydroxylation is 2. The van der Waals surface area contributed by atoms with Crippen LogP contribution >= 0.6 is 45.3 Å². The SMILES string of the molecule is CCCCCCOCCCCCc1c(-c2cc[c]([Sn]([CH3])([CH3])[CH3])s2)sc2c(CCCCCC)c(-c3cc[c]([Sn]([CH3])([CH3])[CH3])s3)sc12. The fourth-order valence-corrected chi connectivity index (χ4v) is 21.6. The van der Waals surface area contributed by atoms with E-state index in [1.807, 2.05) is 0 Å². The molecule has 4 rings (SSSR count). The van der Waals surface area contributed by atoms with E-state index in [1.165, 1.54) is 93.2 Å². The second kappa shape index (κ2) is 17.9. The zero-order chi connectivity index (χ0) is 31.7. The standard InChI is InChI=1S/C31H40OS4.6CH3.2Sn/c1-3-5-7-10-16-24-28(26-18-14-22-33-26)35-31-25(29(36-30(24)31)27-19-15-23-34-27)17-11-9-13-21-32-20-12-8-6-4-2;;;;;;;;/h14-15,18-19H,3-13,16-17,20-21H2,1-2H3;6*1H3;;. The van der Waals surface area contributed by atoms with Crippen molar-refractivity contribution < 1.29 is 4.74 Å². The molecule has 44 heavy (non-hydrogen) atoms. The molecule has 0 bridgehead atoms. The number of unbranched alkanes of at least 4 members (excludes halogenated alkanes) is 8. The summed E-state index contributed by atoms with van der Waals surface area (Å²) in [5.74, 6) is 0. The molecule has 0 amide bonds. The molecule has 4 aromatic rings. The van der Waals surface area contributed by atoms with Gasteiger partial charge >= 0.3 is 264 Å². The third-order valence-electron chi connectivity index (χ3n) is 8.49. The Hall–Kier alpha value is 0.617. The second-order valence-corrected chi connectivity index (χ2v) is 49.6. The summed E-state index contributed by atoms with van der Waals surface area (Å²) in [4.78, 5) is 21.6. The molecule has 0 aliphatic carbocycles. The summed E-state index contributed by atoms with van der Waals surface area (Å²) in [6.07, 6.45) is 16.6. The Labute approximate surface area is 294 Å². The maximum atomic E-state index is 5.98. The molecule has 1 nitrogen and oxygen atoms in total. The molecule has 0 saturated heterocycles. The van der Waals surface area contributed by atoms with E-state index in [2.05, 4.69) is 113 Å². The van der Waals surface area contributed by atoms with E-state index in [0.29, 0.717) is 0 Å². The van der Waals surface area contributed by atoms with Gasteiger partial charge in [-0.25, -0.2) is 0 Å². The molecular formula is C37H58OS4Sn2. The van der Waals surface area contributed by atoms with Crippen molar-refractivity contribution in [3.63, 3.8) is 0 Å².